The summed E-state index contributed by atoms with van der Waals surface area (Å²) in [6.07, 6.45) is 3.05. The molecule has 0 amide bonds. The molecule has 1 aromatic rings. The first kappa shape index (κ1) is 12.3. The number of nitrogens with two attached hydrogens (primary N) is 1. The minimum absolute atomic E-state index is 0.377. The van der Waals surface area contributed by atoms with Crippen LogP contribution in [0.1, 0.15) is 25.7 Å². The van der Waals surface area contributed by atoms with Crippen LogP contribution in [0.2, 0.25) is 0 Å². The molecule has 0 aliphatic carbocycles. The fourth-order valence-electron chi connectivity index (χ4n) is 2.05. The van der Waals surface area contributed by atoms with E-state index in [0.29, 0.717) is 31.0 Å². The molecule has 1 fully saturated rings. The normalized spacial score (nSPS) is 17.6. The predicted molar refractivity (Wildman–Crippen MR) is 63.9 cm³/mol. The Balaban J connectivity index is 1.86. The first-order valence-corrected chi connectivity index (χ1v) is 6.22. The quantitative estimate of drug-likeness (QED) is 0.811. The molecular weight excluding hydrogens is 220 g/mol. The van der Waals surface area contributed by atoms with Crippen LogP contribution in [-0.2, 0) is 11.2 Å². The molecule has 0 radical (unpaired) electrons. The van der Waals surface area contributed by atoms with E-state index in [1.165, 1.54) is 0 Å². The van der Waals surface area contributed by atoms with Crippen LogP contribution in [0.15, 0.2) is 4.42 Å². The van der Waals surface area contributed by atoms with E-state index in [0.717, 1.165) is 32.5 Å². The van der Waals surface area contributed by atoms with Crippen LogP contribution >= 0.6 is 0 Å². The number of piperidine rings is 1. The Morgan fingerprint density at radius 2 is 2.18 bits per heavy atom. The summed E-state index contributed by atoms with van der Waals surface area (Å²) < 4.78 is 11.1. The fourth-order valence-corrected chi connectivity index (χ4v) is 2.05. The second-order valence-electron chi connectivity index (χ2n) is 4.16. The molecule has 2 N–H and O–H groups in total. The van der Waals surface area contributed by atoms with E-state index in [2.05, 4.69) is 15.1 Å². The molecule has 0 atom stereocenters. The zero-order chi connectivity index (χ0) is 12.1. The van der Waals surface area contributed by atoms with Crippen LogP contribution in [0.5, 0.6) is 0 Å². The van der Waals surface area contributed by atoms with Crippen LogP contribution in [0.25, 0.3) is 0 Å². The first-order chi connectivity index (χ1) is 8.33. The number of ether oxygens (including phenoxy) is 1. The van der Waals surface area contributed by atoms with E-state index in [1.54, 1.807) is 0 Å². The summed E-state index contributed by atoms with van der Waals surface area (Å²) in [7, 11) is 0. The molecule has 0 spiro atoms. The van der Waals surface area contributed by atoms with E-state index in [-0.39, 0.29) is 0 Å². The van der Waals surface area contributed by atoms with Crippen molar-refractivity contribution in [2.24, 2.45) is 5.73 Å². The smallest absolute Gasteiger partial charge is 0.318 e. The Hall–Kier alpha value is -1.14. The lowest BCUT2D eigenvalue weighted by atomic mass is 10.1. The van der Waals surface area contributed by atoms with E-state index in [1.807, 2.05) is 6.92 Å². The van der Waals surface area contributed by atoms with Gasteiger partial charge in [0.25, 0.3) is 0 Å². The summed E-state index contributed by atoms with van der Waals surface area (Å²) >= 11 is 0. The van der Waals surface area contributed by atoms with Gasteiger partial charge in [0.15, 0.2) is 0 Å². The molecule has 2 heterocycles. The Morgan fingerprint density at radius 1 is 1.41 bits per heavy atom. The average molecular weight is 240 g/mol. The Kier molecular flexibility index (Phi) is 4.33. The van der Waals surface area contributed by atoms with Gasteiger partial charge in [0.05, 0.1) is 6.10 Å². The highest BCUT2D eigenvalue weighted by atomic mass is 16.5. The molecule has 6 nitrogen and oxygen atoms in total. The minimum Gasteiger partial charge on any atom is -0.408 e. The van der Waals surface area contributed by atoms with Crippen molar-refractivity contribution in [1.29, 1.82) is 0 Å². The molecule has 17 heavy (non-hydrogen) atoms. The molecule has 1 aliphatic heterocycles. The van der Waals surface area contributed by atoms with Crippen LogP contribution in [-0.4, -0.2) is 42.5 Å². The molecule has 1 aromatic heterocycles. The standard InChI is InChI=1S/C11H20N4O2/c1-2-16-9-4-7-15(8-5-9)11-14-13-10(17-11)3-6-12/h9H,2-8,12H2,1H3. The van der Waals surface area contributed by atoms with Gasteiger partial charge in [-0.1, -0.05) is 5.10 Å². The summed E-state index contributed by atoms with van der Waals surface area (Å²) in [6, 6.07) is 0.614. The first-order valence-electron chi connectivity index (χ1n) is 6.22. The summed E-state index contributed by atoms with van der Waals surface area (Å²) in [5, 5.41) is 8.01. The topological polar surface area (TPSA) is 77.4 Å². The number of rotatable bonds is 5. The highest BCUT2D eigenvalue weighted by Gasteiger charge is 2.22. The third-order valence-electron chi connectivity index (χ3n) is 2.93. The van der Waals surface area contributed by atoms with Crippen molar-refractivity contribution in [3.05, 3.63) is 5.89 Å². The molecule has 6 heteroatoms. The molecule has 0 saturated carbocycles. The maximum absolute atomic E-state index is 5.60. The van der Waals surface area contributed by atoms with Gasteiger partial charge in [0.1, 0.15) is 0 Å². The molecule has 0 unspecified atom stereocenters. The molecule has 96 valence electrons. The van der Waals surface area contributed by atoms with Gasteiger partial charge in [-0.3, -0.25) is 0 Å². The number of hydrogen-bond donors (Lipinski definition) is 1. The minimum atomic E-state index is 0.377. The van der Waals surface area contributed by atoms with Gasteiger partial charge in [0, 0.05) is 32.7 Å². The van der Waals surface area contributed by atoms with Crippen molar-refractivity contribution in [3.8, 4) is 0 Å². The number of hydrogen-bond acceptors (Lipinski definition) is 6. The lowest BCUT2D eigenvalue weighted by Gasteiger charge is -2.30. The fraction of sp³-hybridized carbons (Fsp3) is 0.818. The maximum Gasteiger partial charge on any atom is 0.318 e. The lowest BCUT2D eigenvalue weighted by molar-refractivity contribution is 0.0453. The van der Waals surface area contributed by atoms with Gasteiger partial charge in [-0.2, -0.15) is 0 Å². The van der Waals surface area contributed by atoms with Gasteiger partial charge >= 0.3 is 6.01 Å². The number of nitrogens with zero attached hydrogens (tertiary/aromatic N) is 3. The SMILES string of the molecule is CCOC1CCN(c2nnc(CCN)o2)CC1. The van der Waals surface area contributed by atoms with Crippen molar-refractivity contribution in [2.45, 2.75) is 32.3 Å². The molecular formula is C11H20N4O2. The molecule has 0 aromatic carbocycles. The van der Waals surface area contributed by atoms with Crippen LogP contribution in [0.4, 0.5) is 6.01 Å². The van der Waals surface area contributed by atoms with E-state index >= 15 is 0 Å². The van der Waals surface area contributed by atoms with Crippen LogP contribution in [0.3, 0.4) is 0 Å². The Morgan fingerprint density at radius 3 is 2.82 bits per heavy atom. The summed E-state index contributed by atoms with van der Waals surface area (Å²) in [6.45, 7) is 5.17. The van der Waals surface area contributed by atoms with E-state index < -0.39 is 0 Å². The molecule has 0 bridgehead atoms. The van der Waals surface area contributed by atoms with Crippen molar-refractivity contribution >= 4 is 6.01 Å². The second-order valence-corrected chi connectivity index (χ2v) is 4.16. The molecule has 2 rings (SSSR count). The van der Waals surface area contributed by atoms with Crippen LogP contribution < -0.4 is 10.6 Å². The van der Waals surface area contributed by atoms with Crippen molar-refractivity contribution < 1.29 is 9.15 Å². The van der Waals surface area contributed by atoms with Gasteiger partial charge in [-0.25, -0.2) is 0 Å². The van der Waals surface area contributed by atoms with Gasteiger partial charge in [-0.05, 0) is 19.8 Å². The second kappa shape index (κ2) is 5.97. The van der Waals surface area contributed by atoms with Crippen molar-refractivity contribution in [2.75, 3.05) is 31.1 Å². The zero-order valence-corrected chi connectivity index (χ0v) is 10.3. The summed E-state index contributed by atoms with van der Waals surface area (Å²) in [5.74, 6) is 0.620. The average Bonchev–Trinajstić information content (AvgIpc) is 2.80. The Bertz CT molecular complexity index is 334. The highest BCUT2D eigenvalue weighted by Crippen LogP contribution is 2.20. The van der Waals surface area contributed by atoms with Gasteiger partial charge in [0.2, 0.25) is 5.89 Å². The van der Waals surface area contributed by atoms with Crippen molar-refractivity contribution in [3.63, 3.8) is 0 Å². The van der Waals surface area contributed by atoms with Crippen LogP contribution in [0, 0.1) is 0 Å². The van der Waals surface area contributed by atoms with Gasteiger partial charge in [-0.15, -0.1) is 5.10 Å². The highest BCUT2D eigenvalue weighted by molar-refractivity contribution is 5.24. The maximum atomic E-state index is 5.60. The van der Waals surface area contributed by atoms with E-state index in [4.69, 9.17) is 14.9 Å². The lowest BCUT2D eigenvalue weighted by Crippen LogP contribution is -2.37. The zero-order valence-electron chi connectivity index (χ0n) is 10.3. The predicted octanol–water partition coefficient (Wildman–Crippen LogP) is 0.576. The summed E-state index contributed by atoms with van der Waals surface area (Å²) in [4.78, 5) is 2.11. The Labute approximate surface area is 101 Å². The van der Waals surface area contributed by atoms with E-state index in [9.17, 15) is 0 Å². The van der Waals surface area contributed by atoms with Gasteiger partial charge < -0.3 is 19.8 Å². The molecule has 1 aliphatic rings. The largest absolute Gasteiger partial charge is 0.408 e. The summed E-state index contributed by atoms with van der Waals surface area (Å²) in [5.41, 5.74) is 5.44. The van der Waals surface area contributed by atoms with Crippen molar-refractivity contribution in [1.82, 2.24) is 10.2 Å². The third kappa shape index (κ3) is 3.17. The number of anilines is 1. The molecule has 1 saturated heterocycles. The third-order valence-corrected chi connectivity index (χ3v) is 2.93. The monoisotopic (exact) mass is 240 g/mol. The number of aromatic nitrogens is 2.